The van der Waals surface area contributed by atoms with E-state index in [9.17, 15) is 19.8 Å². The van der Waals surface area contributed by atoms with Crippen molar-refractivity contribution in [3.05, 3.63) is 12.2 Å². The summed E-state index contributed by atoms with van der Waals surface area (Å²) >= 11 is 0. The van der Waals surface area contributed by atoms with E-state index in [0.29, 0.717) is 25.7 Å². The van der Waals surface area contributed by atoms with Gasteiger partial charge in [-0.15, -0.1) is 0 Å². The van der Waals surface area contributed by atoms with Crippen molar-refractivity contribution in [1.29, 1.82) is 0 Å². The monoisotopic (exact) mass is 326 g/mol. The molecular formula is C18H30O5. The molecule has 0 saturated heterocycles. The number of Topliss-reactive ketones (excluding diaryl/α,β-unsaturated/α-hetero) is 1. The molecule has 0 unspecified atom stereocenters. The Morgan fingerprint density at radius 3 is 2.70 bits per heavy atom. The minimum atomic E-state index is -0.820. The van der Waals surface area contributed by atoms with E-state index in [-0.39, 0.29) is 30.5 Å². The van der Waals surface area contributed by atoms with Crippen LogP contribution in [0.2, 0.25) is 0 Å². The van der Waals surface area contributed by atoms with Crippen molar-refractivity contribution in [2.45, 2.75) is 76.9 Å². The van der Waals surface area contributed by atoms with Crippen molar-refractivity contribution >= 4 is 11.8 Å². The Bertz CT molecular complexity index is 404. The van der Waals surface area contributed by atoms with Crippen molar-refractivity contribution in [3.63, 3.8) is 0 Å². The molecule has 3 N–H and O–H groups in total. The Kier molecular flexibility index (Phi) is 9.10. The molecule has 23 heavy (non-hydrogen) atoms. The second-order valence-electron chi connectivity index (χ2n) is 6.51. The quantitative estimate of drug-likeness (QED) is 0.401. The summed E-state index contributed by atoms with van der Waals surface area (Å²) in [5.41, 5.74) is 0. The Balaban J connectivity index is 2.48. The number of ketones is 1. The summed E-state index contributed by atoms with van der Waals surface area (Å²) in [7, 11) is 0. The number of carboxylic acids is 1. The molecule has 0 aromatic carbocycles. The predicted molar refractivity (Wildman–Crippen MR) is 88.0 cm³/mol. The van der Waals surface area contributed by atoms with Gasteiger partial charge in [0.25, 0.3) is 0 Å². The summed E-state index contributed by atoms with van der Waals surface area (Å²) in [6.45, 7) is 2.11. The molecule has 5 nitrogen and oxygen atoms in total. The van der Waals surface area contributed by atoms with Crippen LogP contribution in [0.4, 0.5) is 0 Å². The first-order chi connectivity index (χ1) is 11.0. The van der Waals surface area contributed by atoms with Crippen molar-refractivity contribution < 1.29 is 24.9 Å². The maximum absolute atomic E-state index is 12.0. The van der Waals surface area contributed by atoms with E-state index in [1.54, 1.807) is 12.2 Å². The van der Waals surface area contributed by atoms with Crippen LogP contribution in [0.25, 0.3) is 0 Å². The van der Waals surface area contributed by atoms with E-state index in [1.165, 1.54) is 0 Å². The van der Waals surface area contributed by atoms with Crippen molar-refractivity contribution in [2.75, 3.05) is 0 Å². The third-order valence-corrected chi connectivity index (χ3v) is 4.56. The molecule has 1 fully saturated rings. The third-order valence-electron chi connectivity index (χ3n) is 4.56. The zero-order valence-corrected chi connectivity index (χ0v) is 14.0. The minimum absolute atomic E-state index is 0.0118. The average Bonchev–Trinajstić information content (AvgIpc) is 2.75. The summed E-state index contributed by atoms with van der Waals surface area (Å²) in [6.07, 6.45) is 8.22. The summed E-state index contributed by atoms with van der Waals surface area (Å²) in [6, 6.07) is 0. The van der Waals surface area contributed by atoms with Crippen LogP contribution in [0.5, 0.6) is 0 Å². The largest absolute Gasteiger partial charge is 0.481 e. The Morgan fingerprint density at radius 2 is 2.04 bits per heavy atom. The number of rotatable bonds is 11. The number of aliphatic carboxylic acids is 1. The molecule has 0 amide bonds. The average molecular weight is 326 g/mol. The van der Waals surface area contributed by atoms with E-state index in [0.717, 1.165) is 19.3 Å². The van der Waals surface area contributed by atoms with E-state index in [4.69, 9.17) is 5.11 Å². The van der Waals surface area contributed by atoms with Gasteiger partial charge in [-0.3, -0.25) is 9.59 Å². The highest BCUT2D eigenvalue weighted by molar-refractivity contribution is 5.85. The second-order valence-corrected chi connectivity index (χ2v) is 6.51. The van der Waals surface area contributed by atoms with Crippen molar-refractivity contribution in [3.8, 4) is 0 Å². The molecule has 0 heterocycles. The maximum Gasteiger partial charge on any atom is 0.303 e. The number of hydrogen-bond donors (Lipinski definition) is 3. The van der Waals surface area contributed by atoms with Gasteiger partial charge in [-0.1, -0.05) is 44.8 Å². The van der Waals surface area contributed by atoms with Gasteiger partial charge in [0.1, 0.15) is 5.78 Å². The molecule has 4 atom stereocenters. The predicted octanol–water partition coefficient (Wildman–Crippen LogP) is 2.69. The Labute approximate surface area is 138 Å². The fourth-order valence-corrected chi connectivity index (χ4v) is 3.20. The molecule has 1 aliphatic carbocycles. The zero-order valence-electron chi connectivity index (χ0n) is 14.0. The molecule has 0 radical (unpaired) electrons. The topological polar surface area (TPSA) is 94.8 Å². The number of carbonyl (C=O) groups excluding carboxylic acids is 1. The van der Waals surface area contributed by atoms with Gasteiger partial charge >= 0.3 is 5.97 Å². The maximum atomic E-state index is 12.0. The molecule has 0 aromatic heterocycles. The molecule has 1 rings (SSSR count). The van der Waals surface area contributed by atoms with Crippen LogP contribution in [0.1, 0.15) is 64.7 Å². The highest BCUT2D eigenvalue weighted by Crippen LogP contribution is 2.34. The van der Waals surface area contributed by atoms with E-state index >= 15 is 0 Å². The molecule has 1 saturated carbocycles. The number of allylic oxidation sites excluding steroid dienone is 1. The van der Waals surface area contributed by atoms with Crippen LogP contribution < -0.4 is 0 Å². The molecule has 0 aliphatic heterocycles. The summed E-state index contributed by atoms with van der Waals surface area (Å²) in [4.78, 5) is 22.5. The zero-order chi connectivity index (χ0) is 17.2. The van der Waals surface area contributed by atoms with Crippen LogP contribution >= 0.6 is 0 Å². The lowest BCUT2D eigenvalue weighted by Gasteiger charge is -2.18. The number of unbranched alkanes of at least 4 members (excludes halogenated alkanes) is 3. The van der Waals surface area contributed by atoms with E-state index in [2.05, 4.69) is 6.92 Å². The van der Waals surface area contributed by atoms with Gasteiger partial charge in [0.05, 0.1) is 12.2 Å². The van der Waals surface area contributed by atoms with Crippen molar-refractivity contribution in [2.24, 2.45) is 11.8 Å². The van der Waals surface area contributed by atoms with E-state index < -0.39 is 18.2 Å². The van der Waals surface area contributed by atoms with Crippen LogP contribution in [0.15, 0.2) is 12.2 Å². The first-order valence-electron chi connectivity index (χ1n) is 8.74. The third kappa shape index (κ3) is 7.27. The highest BCUT2D eigenvalue weighted by atomic mass is 16.4. The number of hydrogen-bond acceptors (Lipinski definition) is 4. The second kappa shape index (κ2) is 10.6. The minimum Gasteiger partial charge on any atom is -0.481 e. The molecule has 1 aliphatic rings. The Hall–Kier alpha value is -1.20. The van der Waals surface area contributed by atoms with Gasteiger partial charge in [0.15, 0.2) is 0 Å². The molecule has 0 aromatic rings. The Morgan fingerprint density at radius 1 is 1.30 bits per heavy atom. The first kappa shape index (κ1) is 19.8. The van der Waals surface area contributed by atoms with Crippen LogP contribution in [-0.4, -0.2) is 39.3 Å². The van der Waals surface area contributed by atoms with Gasteiger partial charge in [-0.05, 0) is 25.2 Å². The summed E-state index contributed by atoms with van der Waals surface area (Å²) < 4.78 is 0. The van der Waals surface area contributed by atoms with Gasteiger partial charge < -0.3 is 15.3 Å². The smallest absolute Gasteiger partial charge is 0.303 e. The number of aliphatic hydroxyl groups is 2. The summed E-state index contributed by atoms with van der Waals surface area (Å²) in [5, 5.41) is 28.6. The SMILES string of the molecule is CCCCC[C@@H](O)/C=C/[C@@H]1C(=O)C[C@@H](O)[C@@H]1CCCCC(=O)O. The van der Waals surface area contributed by atoms with Gasteiger partial charge in [-0.25, -0.2) is 0 Å². The molecule has 5 heteroatoms. The highest BCUT2D eigenvalue weighted by Gasteiger charge is 2.39. The van der Waals surface area contributed by atoms with Gasteiger partial charge in [0, 0.05) is 18.8 Å². The number of aliphatic hydroxyl groups excluding tert-OH is 2. The van der Waals surface area contributed by atoms with Crippen LogP contribution in [-0.2, 0) is 9.59 Å². The normalized spacial score (nSPS) is 26.0. The number of carboxylic acid groups (broad SMARTS) is 1. The fraction of sp³-hybridized carbons (Fsp3) is 0.778. The van der Waals surface area contributed by atoms with Gasteiger partial charge in [0.2, 0.25) is 0 Å². The molecule has 0 spiro atoms. The molecular weight excluding hydrogens is 296 g/mol. The lowest BCUT2D eigenvalue weighted by atomic mass is 9.88. The van der Waals surface area contributed by atoms with Crippen molar-refractivity contribution in [1.82, 2.24) is 0 Å². The van der Waals surface area contributed by atoms with Crippen LogP contribution in [0, 0.1) is 11.8 Å². The standard InChI is InChI=1S/C18H30O5/c1-2-3-4-7-13(19)10-11-15-14(16(20)12-17(15)21)8-5-6-9-18(22)23/h10-11,13-16,19-20H,2-9,12H2,1H3,(H,22,23)/b11-10+/t13-,14-,15+,16-/m1/s1. The summed E-state index contributed by atoms with van der Waals surface area (Å²) in [5.74, 6) is -1.32. The number of carbonyl (C=O) groups is 2. The molecule has 132 valence electrons. The van der Waals surface area contributed by atoms with Crippen LogP contribution in [0.3, 0.4) is 0 Å². The fourth-order valence-electron chi connectivity index (χ4n) is 3.20. The van der Waals surface area contributed by atoms with Gasteiger partial charge in [-0.2, -0.15) is 0 Å². The van der Waals surface area contributed by atoms with E-state index in [1.807, 2.05) is 0 Å². The lowest BCUT2D eigenvalue weighted by molar-refractivity contribution is -0.137. The first-order valence-corrected chi connectivity index (χ1v) is 8.74. The molecule has 0 bridgehead atoms. The lowest BCUT2D eigenvalue weighted by Crippen LogP contribution is -2.19.